The Bertz CT molecular complexity index is 1100. The molecule has 1 amide bonds. The molecule has 144 valence electrons. The summed E-state index contributed by atoms with van der Waals surface area (Å²) in [5.74, 6) is -0.259. The van der Waals surface area contributed by atoms with E-state index in [2.05, 4.69) is 26.0 Å². The van der Waals surface area contributed by atoms with Crippen LogP contribution in [0.4, 0.5) is 5.69 Å². The lowest BCUT2D eigenvalue weighted by atomic mass is 10.1. The molecule has 0 spiro atoms. The van der Waals surface area contributed by atoms with E-state index in [1.165, 1.54) is 41.0 Å². The molecule has 2 aromatic heterocycles. The molecule has 3 rings (SSSR count). The number of carbonyl (C=O) groups excluding carboxylic acids is 2. The van der Waals surface area contributed by atoms with Crippen LogP contribution in [0.25, 0.3) is 5.82 Å². The maximum Gasteiger partial charge on any atom is 0.276 e. The molecule has 0 saturated heterocycles. The van der Waals surface area contributed by atoms with Gasteiger partial charge in [-0.15, -0.1) is 0 Å². The van der Waals surface area contributed by atoms with Gasteiger partial charge in [0.1, 0.15) is 10.3 Å². The second kappa shape index (κ2) is 8.39. The fourth-order valence-corrected chi connectivity index (χ4v) is 3.87. The zero-order valence-corrected chi connectivity index (χ0v) is 18.6. The summed E-state index contributed by atoms with van der Waals surface area (Å²) in [5, 5.41) is 4.03. The average molecular weight is 523 g/mol. The minimum atomic E-state index is -0.804. The van der Waals surface area contributed by atoms with Crippen molar-refractivity contribution in [3.8, 4) is 5.82 Å². The molecule has 0 unspecified atom stereocenters. The van der Waals surface area contributed by atoms with Gasteiger partial charge in [0.2, 0.25) is 0 Å². The van der Waals surface area contributed by atoms with Crippen LogP contribution < -0.4 is 4.90 Å². The highest BCUT2D eigenvalue weighted by Crippen LogP contribution is 2.35. The maximum atomic E-state index is 13.2. The van der Waals surface area contributed by atoms with Crippen molar-refractivity contribution in [2.75, 3.05) is 11.9 Å². The van der Waals surface area contributed by atoms with Gasteiger partial charge in [-0.05, 0) is 51.8 Å². The number of amides is 1. The first kappa shape index (κ1) is 21.1. The molecule has 0 aliphatic rings. The van der Waals surface area contributed by atoms with Gasteiger partial charge in [0.25, 0.3) is 11.1 Å². The number of carbonyl (C=O) groups is 2. The molecule has 0 N–H and O–H groups in total. The summed E-state index contributed by atoms with van der Waals surface area (Å²) in [5.41, 5.74) is 0.247. The van der Waals surface area contributed by atoms with Gasteiger partial charge in [0.05, 0.1) is 21.3 Å². The highest BCUT2D eigenvalue weighted by atomic mass is 79.9. The van der Waals surface area contributed by atoms with E-state index in [9.17, 15) is 9.59 Å². The molecule has 0 bridgehead atoms. The molecule has 0 fully saturated rings. The van der Waals surface area contributed by atoms with Crippen LogP contribution in [0.1, 0.15) is 20.8 Å². The van der Waals surface area contributed by atoms with Crippen LogP contribution in [-0.2, 0) is 0 Å². The third kappa shape index (κ3) is 4.04. The third-order valence-electron chi connectivity index (χ3n) is 3.72. The molecule has 3 aromatic rings. The van der Waals surface area contributed by atoms with Crippen molar-refractivity contribution < 1.29 is 9.59 Å². The fourth-order valence-electron chi connectivity index (χ4n) is 2.53. The summed E-state index contributed by atoms with van der Waals surface area (Å²) < 4.78 is 1.68. The molecule has 0 atom stereocenters. The van der Waals surface area contributed by atoms with E-state index in [1.807, 2.05) is 0 Å². The van der Waals surface area contributed by atoms with Gasteiger partial charge in [0, 0.05) is 24.3 Å². The van der Waals surface area contributed by atoms with Gasteiger partial charge in [-0.3, -0.25) is 9.59 Å². The number of nitrogens with zero attached hydrogens (tertiary/aromatic N) is 4. The summed E-state index contributed by atoms with van der Waals surface area (Å²) in [6.45, 7) is 0. The fraction of sp³-hybridized carbons (Fsp3) is 0.0588. The van der Waals surface area contributed by atoms with Crippen LogP contribution in [0, 0.1) is 0 Å². The zero-order chi connectivity index (χ0) is 20.6. The average Bonchev–Trinajstić information content (AvgIpc) is 3.01. The topological polar surface area (TPSA) is 68.1 Å². The number of hydrogen-bond acceptors (Lipinski definition) is 4. The predicted molar refractivity (Wildman–Crippen MR) is 113 cm³/mol. The summed E-state index contributed by atoms with van der Waals surface area (Å²) >= 11 is 27.3. The number of hydrogen-bond donors (Lipinski definition) is 0. The van der Waals surface area contributed by atoms with Crippen LogP contribution >= 0.6 is 62.3 Å². The van der Waals surface area contributed by atoms with Gasteiger partial charge < -0.3 is 4.90 Å². The van der Waals surface area contributed by atoms with Crippen LogP contribution in [-0.4, -0.2) is 33.0 Å². The SMILES string of the molecule is CN(C(=O)c1cc(Br)nn1-c1ncccc1Cl)c1c(Cl)cc(Cl)cc1C(=O)Cl. The van der Waals surface area contributed by atoms with E-state index in [0.29, 0.717) is 9.63 Å². The smallest absolute Gasteiger partial charge is 0.276 e. The van der Waals surface area contributed by atoms with Gasteiger partial charge in [-0.1, -0.05) is 34.8 Å². The second-order valence-corrected chi connectivity index (χ2v) is 7.90. The predicted octanol–water partition coefficient (Wildman–Crippen LogP) is 5.65. The number of anilines is 1. The van der Waals surface area contributed by atoms with Crippen LogP contribution in [0.2, 0.25) is 15.1 Å². The van der Waals surface area contributed by atoms with Gasteiger partial charge in [-0.2, -0.15) is 5.10 Å². The summed E-state index contributed by atoms with van der Waals surface area (Å²) in [7, 11) is 1.45. The van der Waals surface area contributed by atoms with E-state index in [1.54, 1.807) is 12.1 Å². The Morgan fingerprint density at radius 2 is 1.86 bits per heavy atom. The van der Waals surface area contributed by atoms with Crippen LogP contribution in [0.5, 0.6) is 0 Å². The normalized spacial score (nSPS) is 10.8. The number of rotatable bonds is 4. The molecule has 2 heterocycles. The quantitative estimate of drug-likeness (QED) is 0.415. The highest BCUT2D eigenvalue weighted by Gasteiger charge is 2.27. The highest BCUT2D eigenvalue weighted by molar-refractivity contribution is 9.10. The Kier molecular flexibility index (Phi) is 6.31. The van der Waals surface area contributed by atoms with Crippen LogP contribution in [0.15, 0.2) is 41.1 Å². The van der Waals surface area contributed by atoms with E-state index < -0.39 is 11.1 Å². The molecular formula is C17H9BrCl4N4O2. The van der Waals surface area contributed by atoms with E-state index in [-0.39, 0.29) is 32.8 Å². The number of aromatic nitrogens is 3. The van der Waals surface area contributed by atoms with Crippen molar-refractivity contribution >= 4 is 79.2 Å². The Balaban J connectivity index is 2.13. The van der Waals surface area contributed by atoms with Crippen molar-refractivity contribution in [1.82, 2.24) is 14.8 Å². The Hall–Kier alpha value is -1.64. The molecule has 0 aliphatic carbocycles. The molecule has 6 nitrogen and oxygen atoms in total. The molecule has 0 radical (unpaired) electrons. The minimum Gasteiger partial charge on any atom is -0.308 e. The minimum absolute atomic E-state index is 0.00369. The van der Waals surface area contributed by atoms with Crippen molar-refractivity contribution in [3.63, 3.8) is 0 Å². The number of halogens is 5. The first-order valence-corrected chi connectivity index (χ1v) is 9.84. The number of benzene rings is 1. The lowest BCUT2D eigenvalue weighted by Gasteiger charge is -2.21. The molecular weight excluding hydrogens is 514 g/mol. The standard InChI is InChI=1S/C17H9BrCl4N4O2/c1-25(14-9(15(22)27)5-8(19)6-11(14)21)17(28)12-7-13(18)24-26(12)16-10(20)3-2-4-23-16/h2-7H,1H3. The molecule has 0 aliphatic heterocycles. The largest absolute Gasteiger partial charge is 0.308 e. The summed E-state index contributed by atoms with van der Waals surface area (Å²) in [6.07, 6.45) is 1.52. The maximum absolute atomic E-state index is 13.2. The Morgan fingerprint density at radius 1 is 1.14 bits per heavy atom. The van der Waals surface area contributed by atoms with Gasteiger partial charge >= 0.3 is 0 Å². The molecule has 11 heteroatoms. The molecule has 28 heavy (non-hydrogen) atoms. The van der Waals surface area contributed by atoms with Crippen molar-refractivity contribution in [1.29, 1.82) is 0 Å². The lowest BCUT2D eigenvalue weighted by molar-refractivity contribution is 0.0985. The van der Waals surface area contributed by atoms with Crippen molar-refractivity contribution in [2.45, 2.75) is 0 Å². The molecule has 0 saturated carbocycles. The van der Waals surface area contributed by atoms with Gasteiger partial charge in [0.15, 0.2) is 5.82 Å². The number of pyridine rings is 1. The first-order chi connectivity index (χ1) is 13.2. The lowest BCUT2D eigenvalue weighted by Crippen LogP contribution is -2.30. The monoisotopic (exact) mass is 520 g/mol. The van der Waals surface area contributed by atoms with E-state index in [0.717, 1.165) is 0 Å². The van der Waals surface area contributed by atoms with E-state index in [4.69, 9.17) is 46.4 Å². The van der Waals surface area contributed by atoms with Crippen LogP contribution in [0.3, 0.4) is 0 Å². The first-order valence-electron chi connectivity index (χ1n) is 7.54. The van der Waals surface area contributed by atoms with Crippen molar-refractivity contribution in [3.05, 3.63) is 67.5 Å². The zero-order valence-electron chi connectivity index (χ0n) is 14.0. The van der Waals surface area contributed by atoms with Crippen molar-refractivity contribution in [2.24, 2.45) is 0 Å². The summed E-state index contributed by atoms with van der Waals surface area (Å²) in [6, 6.07) is 7.52. The molecule has 1 aromatic carbocycles. The Morgan fingerprint density at radius 3 is 2.50 bits per heavy atom. The van der Waals surface area contributed by atoms with Gasteiger partial charge in [-0.25, -0.2) is 9.67 Å². The summed E-state index contributed by atoms with van der Waals surface area (Å²) in [4.78, 5) is 30.4. The third-order valence-corrected chi connectivity index (χ3v) is 5.11. The second-order valence-electron chi connectivity index (χ2n) is 5.49. The Labute approximate surface area is 188 Å². The van der Waals surface area contributed by atoms with E-state index >= 15 is 0 Å².